The summed E-state index contributed by atoms with van der Waals surface area (Å²) in [5.41, 5.74) is 1.15. The normalized spacial score (nSPS) is 16.9. The van der Waals surface area contributed by atoms with Gasteiger partial charge in [0.25, 0.3) is 0 Å². The number of hydrogen-bond donors (Lipinski definition) is 1. The van der Waals surface area contributed by atoms with E-state index < -0.39 is 0 Å². The van der Waals surface area contributed by atoms with Gasteiger partial charge in [0.1, 0.15) is 0 Å². The first-order valence-electron chi connectivity index (χ1n) is 8.37. The summed E-state index contributed by atoms with van der Waals surface area (Å²) in [5, 5.41) is 3.19. The highest BCUT2D eigenvalue weighted by Gasteiger charge is 2.19. The fraction of sp³-hybridized carbons (Fsp3) is 0.556. The van der Waals surface area contributed by atoms with Gasteiger partial charge in [0.05, 0.1) is 19.7 Å². The Morgan fingerprint density at radius 2 is 2.00 bits per heavy atom. The SMILES string of the molecule is CN(C)C(=O)CNC(=NCc1ccccc1)N(C)CC1CCOC1.I. The van der Waals surface area contributed by atoms with Crippen LogP contribution in [0.4, 0.5) is 0 Å². The minimum Gasteiger partial charge on any atom is -0.381 e. The topological polar surface area (TPSA) is 57.2 Å². The summed E-state index contributed by atoms with van der Waals surface area (Å²) < 4.78 is 5.45. The molecule has 0 spiro atoms. The van der Waals surface area contributed by atoms with Crippen LogP contribution < -0.4 is 5.32 Å². The van der Waals surface area contributed by atoms with Crippen LogP contribution in [0, 0.1) is 5.92 Å². The van der Waals surface area contributed by atoms with Gasteiger partial charge >= 0.3 is 0 Å². The van der Waals surface area contributed by atoms with Crippen LogP contribution in [-0.2, 0) is 16.1 Å². The average Bonchev–Trinajstić information content (AvgIpc) is 3.08. The van der Waals surface area contributed by atoms with E-state index in [1.54, 1.807) is 19.0 Å². The number of nitrogens with one attached hydrogen (secondary N) is 1. The minimum absolute atomic E-state index is 0. The Labute approximate surface area is 167 Å². The van der Waals surface area contributed by atoms with Gasteiger partial charge in [-0.05, 0) is 12.0 Å². The number of carbonyl (C=O) groups excluding carboxylic acids is 1. The van der Waals surface area contributed by atoms with Gasteiger partial charge in [-0.2, -0.15) is 0 Å². The Balaban J connectivity index is 0.00000312. The minimum atomic E-state index is 0. The van der Waals surface area contributed by atoms with Crippen molar-refractivity contribution in [2.45, 2.75) is 13.0 Å². The molecule has 1 aliphatic heterocycles. The second kappa shape index (κ2) is 11.3. The summed E-state index contributed by atoms with van der Waals surface area (Å²) in [4.78, 5) is 20.2. The summed E-state index contributed by atoms with van der Waals surface area (Å²) >= 11 is 0. The third kappa shape index (κ3) is 7.60. The van der Waals surface area contributed by atoms with Crippen LogP contribution in [0.15, 0.2) is 35.3 Å². The zero-order chi connectivity index (χ0) is 17.4. The zero-order valence-electron chi connectivity index (χ0n) is 15.3. The zero-order valence-corrected chi connectivity index (χ0v) is 17.6. The molecule has 1 atom stereocenters. The highest BCUT2D eigenvalue weighted by molar-refractivity contribution is 14.0. The molecule has 1 unspecified atom stereocenters. The molecule has 7 heteroatoms. The smallest absolute Gasteiger partial charge is 0.241 e. The lowest BCUT2D eigenvalue weighted by Crippen LogP contribution is -2.45. The molecule has 1 N–H and O–H groups in total. The van der Waals surface area contributed by atoms with Crippen molar-refractivity contribution in [2.24, 2.45) is 10.9 Å². The largest absolute Gasteiger partial charge is 0.381 e. The molecule has 1 saturated heterocycles. The first kappa shape index (κ1) is 21.7. The Morgan fingerprint density at radius 3 is 2.60 bits per heavy atom. The molecule has 0 aliphatic carbocycles. The van der Waals surface area contributed by atoms with Gasteiger partial charge in [-0.25, -0.2) is 4.99 Å². The molecule has 1 amide bonds. The first-order valence-corrected chi connectivity index (χ1v) is 8.37. The number of aliphatic imine (C=N–C) groups is 1. The van der Waals surface area contributed by atoms with Gasteiger partial charge in [0.15, 0.2) is 5.96 Å². The van der Waals surface area contributed by atoms with Crippen LogP contribution in [0.2, 0.25) is 0 Å². The van der Waals surface area contributed by atoms with Gasteiger partial charge in [-0.15, -0.1) is 24.0 Å². The molecule has 6 nitrogen and oxygen atoms in total. The highest BCUT2D eigenvalue weighted by Crippen LogP contribution is 2.13. The quantitative estimate of drug-likeness (QED) is 0.400. The summed E-state index contributed by atoms with van der Waals surface area (Å²) in [6.07, 6.45) is 1.08. The van der Waals surface area contributed by atoms with E-state index in [4.69, 9.17) is 4.74 Å². The molecular weight excluding hydrogens is 431 g/mol. The number of benzene rings is 1. The molecule has 0 saturated carbocycles. The number of nitrogens with zero attached hydrogens (tertiary/aromatic N) is 3. The van der Waals surface area contributed by atoms with Gasteiger partial charge in [0.2, 0.25) is 5.91 Å². The monoisotopic (exact) mass is 460 g/mol. The van der Waals surface area contributed by atoms with Gasteiger partial charge in [-0.3, -0.25) is 4.79 Å². The first-order chi connectivity index (χ1) is 11.6. The van der Waals surface area contributed by atoms with E-state index in [0.717, 1.165) is 37.7 Å². The Morgan fingerprint density at radius 1 is 1.28 bits per heavy atom. The standard InChI is InChI=1S/C18H28N4O2.HI/c1-21(2)17(23)12-20-18(19-11-15-7-5-4-6-8-15)22(3)13-16-9-10-24-14-16;/h4-8,16H,9-14H2,1-3H3,(H,19,20);1H. The lowest BCUT2D eigenvalue weighted by molar-refractivity contribution is -0.127. The van der Waals surface area contributed by atoms with E-state index in [9.17, 15) is 4.79 Å². The maximum atomic E-state index is 11.9. The molecule has 1 heterocycles. The van der Waals surface area contributed by atoms with Crippen LogP contribution in [0.5, 0.6) is 0 Å². The molecule has 0 radical (unpaired) electrons. The van der Waals surface area contributed by atoms with Crippen molar-refractivity contribution >= 4 is 35.8 Å². The summed E-state index contributed by atoms with van der Waals surface area (Å²) in [6, 6.07) is 10.1. The summed E-state index contributed by atoms with van der Waals surface area (Å²) in [7, 11) is 5.52. The predicted octanol–water partition coefficient (Wildman–Crippen LogP) is 1.81. The predicted molar refractivity (Wildman–Crippen MR) is 111 cm³/mol. The van der Waals surface area contributed by atoms with Gasteiger partial charge in [0, 0.05) is 40.2 Å². The van der Waals surface area contributed by atoms with Crippen molar-refractivity contribution in [3.63, 3.8) is 0 Å². The molecule has 1 aliphatic rings. The van der Waals surface area contributed by atoms with E-state index in [1.807, 2.05) is 25.2 Å². The fourth-order valence-electron chi connectivity index (χ4n) is 2.58. The number of ether oxygens (including phenoxy) is 1. The average molecular weight is 460 g/mol. The van der Waals surface area contributed by atoms with Crippen LogP contribution in [0.1, 0.15) is 12.0 Å². The van der Waals surface area contributed by atoms with E-state index in [-0.39, 0.29) is 36.4 Å². The van der Waals surface area contributed by atoms with Crippen molar-refractivity contribution in [3.8, 4) is 0 Å². The molecule has 0 aromatic heterocycles. The van der Waals surface area contributed by atoms with E-state index in [0.29, 0.717) is 12.5 Å². The lowest BCUT2D eigenvalue weighted by atomic mass is 10.1. The maximum Gasteiger partial charge on any atom is 0.241 e. The number of hydrogen-bond acceptors (Lipinski definition) is 3. The number of amides is 1. The van der Waals surface area contributed by atoms with Crippen LogP contribution in [0.3, 0.4) is 0 Å². The third-order valence-corrected chi connectivity index (χ3v) is 4.07. The Kier molecular flexibility index (Phi) is 9.81. The second-order valence-corrected chi connectivity index (χ2v) is 6.38. The van der Waals surface area contributed by atoms with E-state index >= 15 is 0 Å². The molecule has 1 aromatic carbocycles. The number of guanidine groups is 1. The fourth-order valence-corrected chi connectivity index (χ4v) is 2.58. The molecule has 2 rings (SSSR count). The number of likely N-dealkylation sites (N-methyl/N-ethyl adjacent to an activating group) is 1. The maximum absolute atomic E-state index is 11.9. The van der Waals surface area contributed by atoms with Crippen LogP contribution >= 0.6 is 24.0 Å². The number of carbonyl (C=O) groups is 1. The third-order valence-electron chi connectivity index (χ3n) is 4.07. The van der Waals surface area contributed by atoms with E-state index in [1.165, 1.54) is 0 Å². The molecule has 140 valence electrons. The van der Waals surface area contributed by atoms with Crippen molar-refractivity contribution < 1.29 is 9.53 Å². The number of halogens is 1. The van der Waals surface area contributed by atoms with Gasteiger partial charge < -0.3 is 19.9 Å². The molecule has 1 aromatic rings. The highest BCUT2D eigenvalue weighted by atomic mass is 127. The van der Waals surface area contributed by atoms with Gasteiger partial charge in [-0.1, -0.05) is 30.3 Å². The van der Waals surface area contributed by atoms with Crippen molar-refractivity contribution in [1.29, 1.82) is 0 Å². The van der Waals surface area contributed by atoms with Crippen LogP contribution in [0.25, 0.3) is 0 Å². The molecular formula is C18H29IN4O2. The lowest BCUT2D eigenvalue weighted by Gasteiger charge is -2.25. The Hall–Kier alpha value is -1.35. The van der Waals surface area contributed by atoms with Crippen molar-refractivity contribution in [1.82, 2.24) is 15.1 Å². The summed E-state index contributed by atoms with van der Waals surface area (Å²) in [6.45, 7) is 3.34. The van der Waals surface area contributed by atoms with E-state index in [2.05, 4.69) is 27.3 Å². The molecule has 0 bridgehead atoms. The van der Waals surface area contributed by atoms with Crippen LogP contribution in [-0.4, -0.2) is 69.1 Å². The second-order valence-electron chi connectivity index (χ2n) is 6.38. The molecule has 1 fully saturated rings. The van der Waals surface area contributed by atoms with Crippen molar-refractivity contribution in [3.05, 3.63) is 35.9 Å². The Bertz CT molecular complexity index is 545. The van der Waals surface area contributed by atoms with Crippen molar-refractivity contribution in [2.75, 3.05) is 47.4 Å². The number of rotatable bonds is 6. The summed E-state index contributed by atoms with van der Waals surface area (Å²) in [5.74, 6) is 1.30. The molecule has 25 heavy (non-hydrogen) atoms.